The largest absolute Gasteiger partial charge is 0.497 e. The molecule has 4 nitrogen and oxygen atoms in total. The molecule has 2 aromatic carbocycles. The second-order valence-corrected chi connectivity index (χ2v) is 4.39. The third-order valence-electron chi connectivity index (χ3n) is 2.91. The fourth-order valence-corrected chi connectivity index (χ4v) is 1.72. The number of anilines is 1. The summed E-state index contributed by atoms with van der Waals surface area (Å²) in [4.78, 5) is 0. The molecule has 0 aromatic heterocycles. The van der Waals surface area contributed by atoms with Gasteiger partial charge in [-0.25, -0.2) is 0 Å². The van der Waals surface area contributed by atoms with Crippen molar-refractivity contribution in [3.05, 3.63) is 48.0 Å². The van der Waals surface area contributed by atoms with Gasteiger partial charge in [0.15, 0.2) is 0 Å². The van der Waals surface area contributed by atoms with Gasteiger partial charge in [0.1, 0.15) is 30.5 Å². The standard InChI is InChI=1S/C16H19NO3/c1-12-6-7-15(11-16(12)17)20-9-8-19-14-5-3-4-13(10-14)18-2/h3-7,10-11H,8-9,17H2,1-2H3. The Morgan fingerprint density at radius 2 is 1.55 bits per heavy atom. The molecule has 106 valence electrons. The Bertz CT molecular complexity index is 569. The van der Waals surface area contributed by atoms with Gasteiger partial charge in [-0.15, -0.1) is 0 Å². The van der Waals surface area contributed by atoms with Crippen molar-refractivity contribution in [2.75, 3.05) is 26.1 Å². The first-order valence-electron chi connectivity index (χ1n) is 6.45. The molecule has 0 spiro atoms. The van der Waals surface area contributed by atoms with E-state index in [0.29, 0.717) is 13.2 Å². The van der Waals surface area contributed by atoms with Crippen molar-refractivity contribution in [3.8, 4) is 17.2 Å². The van der Waals surface area contributed by atoms with Gasteiger partial charge in [-0.3, -0.25) is 0 Å². The SMILES string of the molecule is COc1cccc(OCCOc2ccc(C)c(N)c2)c1. The van der Waals surface area contributed by atoms with Crippen molar-refractivity contribution in [1.82, 2.24) is 0 Å². The lowest BCUT2D eigenvalue weighted by Gasteiger charge is -2.10. The molecule has 0 saturated heterocycles. The fraction of sp³-hybridized carbons (Fsp3) is 0.250. The molecule has 0 atom stereocenters. The highest BCUT2D eigenvalue weighted by Crippen LogP contribution is 2.20. The van der Waals surface area contributed by atoms with Crippen LogP contribution in [-0.2, 0) is 0 Å². The molecule has 0 fully saturated rings. The molecule has 2 N–H and O–H groups in total. The molecule has 20 heavy (non-hydrogen) atoms. The molecule has 0 heterocycles. The maximum Gasteiger partial charge on any atom is 0.123 e. The molecule has 0 aliphatic carbocycles. The van der Waals surface area contributed by atoms with Gasteiger partial charge in [0, 0.05) is 17.8 Å². The van der Waals surface area contributed by atoms with E-state index >= 15 is 0 Å². The van der Waals surface area contributed by atoms with Gasteiger partial charge in [0.25, 0.3) is 0 Å². The summed E-state index contributed by atoms with van der Waals surface area (Å²) in [7, 11) is 1.63. The molecule has 0 amide bonds. The van der Waals surface area contributed by atoms with Crippen molar-refractivity contribution < 1.29 is 14.2 Å². The van der Waals surface area contributed by atoms with Crippen molar-refractivity contribution in [2.45, 2.75) is 6.92 Å². The van der Waals surface area contributed by atoms with E-state index in [1.807, 2.05) is 49.4 Å². The highest BCUT2D eigenvalue weighted by Gasteiger charge is 1.99. The van der Waals surface area contributed by atoms with Gasteiger partial charge in [0.05, 0.1) is 7.11 Å². The minimum absolute atomic E-state index is 0.458. The third-order valence-corrected chi connectivity index (χ3v) is 2.91. The number of aryl methyl sites for hydroxylation is 1. The first kappa shape index (κ1) is 14.1. The van der Waals surface area contributed by atoms with E-state index in [4.69, 9.17) is 19.9 Å². The number of nitrogens with two attached hydrogens (primary N) is 1. The van der Waals surface area contributed by atoms with Crippen molar-refractivity contribution in [3.63, 3.8) is 0 Å². The quantitative estimate of drug-likeness (QED) is 0.649. The van der Waals surface area contributed by atoms with Crippen LogP contribution in [0.1, 0.15) is 5.56 Å². The van der Waals surface area contributed by atoms with Gasteiger partial charge in [-0.05, 0) is 30.7 Å². The summed E-state index contributed by atoms with van der Waals surface area (Å²) in [6.45, 7) is 2.88. The molecule has 2 aromatic rings. The molecule has 0 saturated carbocycles. The molecule has 0 aliphatic heterocycles. The lowest BCUT2D eigenvalue weighted by molar-refractivity contribution is 0.216. The van der Waals surface area contributed by atoms with E-state index in [9.17, 15) is 0 Å². The molecular formula is C16H19NO3. The van der Waals surface area contributed by atoms with Crippen LogP contribution in [0.15, 0.2) is 42.5 Å². The lowest BCUT2D eigenvalue weighted by Crippen LogP contribution is -2.09. The second kappa shape index (κ2) is 6.70. The number of methoxy groups -OCH3 is 1. The first-order valence-corrected chi connectivity index (χ1v) is 6.45. The Kier molecular flexibility index (Phi) is 4.71. The van der Waals surface area contributed by atoms with Crippen LogP contribution in [0.25, 0.3) is 0 Å². The average Bonchev–Trinajstić information content (AvgIpc) is 2.47. The summed E-state index contributed by atoms with van der Waals surface area (Å²) < 4.78 is 16.3. The van der Waals surface area contributed by atoms with Gasteiger partial charge in [-0.1, -0.05) is 12.1 Å². The summed E-state index contributed by atoms with van der Waals surface area (Å²) in [6, 6.07) is 13.1. The van der Waals surface area contributed by atoms with E-state index in [2.05, 4.69) is 0 Å². The summed E-state index contributed by atoms with van der Waals surface area (Å²) in [5.74, 6) is 2.29. The fourth-order valence-electron chi connectivity index (χ4n) is 1.72. The Morgan fingerprint density at radius 1 is 0.900 bits per heavy atom. The third kappa shape index (κ3) is 3.82. The first-order chi connectivity index (χ1) is 9.69. The summed E-state index contributed by atoms with van der Waals surface area (Å²) in [5, 5.41) is 0. The number of nitrogen functional groups attached to an aromatic ring is 1. The van der Waals surface area contributed by atoms with Crippen LogP contribution in [0.5, 0.6) is 17.2 Å². The van der Waals surface area contributed by atoms with Crippen LogP contribution in [0.3, 0.4) is 0 Å². The molecule has 0 radical (unpaired) electrons. The van der Waals surface area contributed by atoms with Crippen molar-refractivity contribution in [2.24, 2.45) is 0 Å². The minimum atomic E-state index is 0.458. The maximum absolute atomic E-state index is 5.82. The molecule has 0 unspecified atom stereocenters. The number of hydrogen-bond acceptors (Lipinski definition) is 4. The highest BCUT2D eigenvalue weighted by atomic mass is 16.5. The zero-order valence-corrected chi connectivity index (χ0v) is 11.8. The highest BCUT2D eigenvalue weighted by molar-refractivity contribution is 5.50. The number of rotatable bonds is 6. The van der Waals surface area contributed by atoms with Crippen molar-refractivity contribution in [1.29, 1.82) is 0 Å². The molecule has 4 heteroatoms. The topological polar surface area (TPSA) is 53.7 Å². The van der Waals surface area contributed by atoms with Crippen LogP contribution in [0.2, 0.25) is 0 Å². The van der Waals surface area contributed by atoms with E-state index < -0.39 is 0 Å². The summed E-state index contributed by atoms with van der Waals surface area (Å²) in [6.07, 6.45) is 0. The summed E-state index contributed by atoms with van der Waals surface area (Å²) >= 11 is 0. The second-order valence-electron chi connectivity index (χ2n) is 4.39. The molecule has 0 aliphatic rings. The van der Waals surface area contributed by atoms with E-state index in [1.165, 1.54) is 0 Å². The van der Waals surface area contributed by atoms with Crippen molar-refractivity contribution >= 4 is 5.69 Å². The van der Waals surface area contributed by atoms with E-state index in [0.717, 1.165) is 28.5 Å². The zero-order valence-electron chi connectivity index (χ0n) is 11.8. The molecule has 2 rings (SSSR count). The van der Waals surface area contributed by atoms with E-state index in [-0.39, 0.29) is 0 Å². The Morgan fingerprint density at radius 3 is 2.20 bits per heavy atom. The smallest absolute Gasteiger partial charge is 0.123 e. The van der Waals surface area contributed by atoms with Gasteiger partial charge in [-0.2, -0.15) is 0 Å². The van der Waals surface area contributed by atoms with Gasteiger partial charge < -0.3 is 19.9 Å². The number of ether oxygens (including phenoxy) is 3. The predicted octanol–water partition coefficient (Wildman–Crippen LogP) is 3.04. The zero-order chi connectivity index (χ0) is 14.4. The van der Waals surface area contributed by atoms with Gasteiger partial charge >= 0.3 is 0 Å². The molecule has 0 bridgehead atoms. The monoisotopic (exact) mass is 273 g/mol. The molecular weight excluding hydrogens is 254 g/mol. The van der Waals surface area contributed by atoms with Gasteiger partial charge in [0.2, 0.25) is 0 Å². The predicted molar refractivity (Wildman–Crippen MR) is 79.6 cm³/mol. The maximum atomic E-state index is 5.82. The van der Waals surface area contributed by atoms with Crippen LogP contribution < -0.4 is 19.9 Å². The van der Waals surface area contributed by atoms with Crippen LogP contribution in [0.4, 0.5) is 5.69 Å². The summed E-state index contributed by atoms with van der Waals surface area (Å²) in [5.41, 5.74) is 7.60. The van der Waals surface area contributed by atoms with Crippen LogP contribution in [0, 0.1) is 6.92 Å². The lowest BCUT2D eigenvalue weighted by atomic mass is 10.2. The number of hydrogen-bond donors (Lipinski definition) is 1. The average molecular weight is 273 g/mol. The van der Waals surface area contributed by atoms with Crippen LogP contribution in [-0.4, -0.2) is 20.3 Å². The van der Waals surface area contributed by atoms with E-state index in [1.54, 1.807) is 7.11 Å². The Labute approximate surface area is 119 Å². The Hall–Kier alpha value is -2.36. The van der Waals surface area contributed by atoms with Crippen LogP contribution >= 0.6 is 0 Å². The Balaban J connectivity index is 1.79. The number of benzene rings is 2. The minimum Gasteiger partial charge on any atom is -0.497 e. The normalized spacial score (nSPS) is 10.1.